The third kappa shape index (κ3) is 4.42. The van der Waals surface area contributed by atoms with Crippen LogP contribution in [0.3, 0.4) is 0 Å². The van der Waals surface area contributed by atoms with Crippen LogP contribution < -0.4 is 5.56 Å². The number of hydrogen-bond acceptors (Lipinski definition) is 5. The number of nitrogens with zero attached hydrogens (tertiary/aromatic N) is 4. The molecule has 42 heavy (non-hydrogen) atoms. The summed E-state index contributed by atoms with van der Waals surface area (Å²) in [5.74, 6) is -0.721. The minimum Gasteiger partial charge on any atom is -0.462 e. The summed E-state index contributed by atoms with van der Waals surface area (Å²) >= 11 is 0. The largest absolute Gasteiger partial charge is 0.462 e. The molecule has 0 aliphatic carbocycles. The van der Waals surface area contributed by atoms with Crippen LogP contribution in [0.15, 0.2) is 127 Å². The molecular weight excluding hydrogens is 528 g/mol. The Balaban J connectivity index is 1.54. The van der Waals surface area contributed by atoms with Crippen molar-refractivity contribution in [3.05, 3.63) is 166 Å². The highest BCUT2D eigenvalue weighted by Gasteiger charge is 2.38. The van der Waals surface area contributed by atoms with Crippen LogP contribution in [0.2, 0.25) is 0 Å². The Bertz CT molecular complexity index is 1790. The van der Waals surface area contributed by atoms with E-state index >= 15 is 0 Å². The van der Waals surface area contributed by atoms with Gasteiger partial charge < -0.3 is 14.4 Å². The van der Waals surface area contributed by atoms with Crippen LogP contribution >= 0.6 is 0 Å². The molecule has 0 radical (unpaired) electrons. The van der Waals surface area contributed by atoms with Gasteiger partial charge in [-0.1, -0.05) is 97.1 Å². The number of hydrogen-bond donors (Lipinski definition) is 1. The van der Waals surface area contributed by atoms with Gasteiger partial charge in [0.2, 0.25) is 0 Å². The highest BCUT2D eigenvalue weighted by molar-refractivity contribution is 5.97. The van der Waals surface area contributed by atoms with Crippen LogP contribution in [-0.4, -0.2) is 36.4 Å². The summed E-state index contributed by atoms with van der Waals surface area (Å²) < 4.78 is 10.3. The maximum absolute atomic E-state index is 13.7. The first-order chi connectivity index (χ1) is 20.6. The average Bonchev–Trinajstić information content (AvgIpc) is 3.62. The predicted octanol–water partition coefficient (Wildman–Crippen LogP) is 4.86. The predicted molar refractivity (Wildman–Crippen MR) is 159 cm³/mol. The maximum atomic E-state index is 13.7. The number of carbonyl (C=O) groups excluding carboxylic acids is 1. The lowest BCUT2D eigenvalue weighted by atomic mass is 9.77. The van der Waals surface area contributed by atoms with Crippen LogP contribution in [0.25, 0.3) is 5.52 Å². The van der Waals surface area contributed by atoms with E-state index in [0.717, 1.165) is 16.7 Å². The normalized spacial score (nSPS) is 11.6. The zero-order chi connectivity index (χ0) is 29.1. The van der Waals surface area contributed by atoms with E-state index in [1.54, 1.807) is 36.1 Å². The molecule has 3 aromatic heterocycles. The van der Waals surface area contributed by atoms with E-state index in [-0.39, 0.29) is 25.3 Å². The zero-order valence-corrected chi connectivity index (χ0v) is 23.1. The lowest BCUT2D eigenvalue weighted by Gasteiger charge is -2.37. The molecular formula is C34H30N4O4. The number of rotatable bonds is 9. The Morgan fingerprint density at radius 3 is 1.95 bits per heavy atom. The van der Waals surface area contributed by atoms with Crippen LogP contribution in [0.1, 0.15) is 45.2 Å². The summed E-state index contributed by atoms with van der Waals surface area (Å²) in [5.41, 5.74) is 3.19. The Morgan fingerprint density at radius 2 is 1.43 bits per heavy atom. The van der Waals surface area contributed by atoms with Crippen molar-refractivity contribution in [2.75, 3.05) is 6.61 Å². The number of ether oxygens (including phenoxy) is 1. The van der Waals surface area contributed by atoms with E-state index in [2.05, 4.69) is 41.0 Å². The molecule has 0 spiro atoms. The third-order valence-corrected chi connectivity index (χ3v) is 7.56. The monoisotopic (exact) mass is 558 g/mol. The fraction of sp³-hybridized carbons (Fsp3) is 0.147. The van der Waals surface area contributed by atoms with E-state index in [0.29, 0.717) is 16.8 Å². The molecule has 210 valence electrons. The van der Waals surface area contributed by atoms with Gasteiger partial charge in [0.25, 0.3) is 5.56 Å². The average molecular weight is 559 g/mol. The van der Waals surface area contributed by atoms with Crippen molar-refractivity contribution < 1.29 is 14.6 Å². The highest BCUT2D eigenvalue weighted by atomic mass is 16.5. The van der Waals surface area contributed by atoms with Crippen LogP contribution in [0.5, 0.6) is 0 Å². The summed E-state index contributed by atoms with van der Waals surface area (Å²) in [6.45, 7) is 1.58. The molecule has 0 unspecified atom stereocenters. The molecule has 0 fully saturated rings. The maximum Gasteiger partial charge on any atom is 0.346 e. The second-order valence-electron chi connectivity index (χ2n) is 9.92. The zero-order valence-electron chi connectivity index (χ0n) is 23.1. The van der Waals surface area contributed by atoms with Gasteiger partial charge in [0.05, 0.1) is 37.3 Å². The van der Waals surface area contributed by atoms with Crippen molar-refractivity contribution in [1.82, 2.24) is 18.7 Å². The molecule has 0 atom stereocenters. The summed E-state index contributed by atoms with van der Waals surface area (Å²) in [4.78, 5) is 31.3. The van der Waals surface area contributed by atoms with E-state index in [9.17, 15) is 14.7 Å². The number of fused-ring (bicyclic) bond motifs is 1. The molecule has 0 aliphatic heterocycles. The van der Waals surface area contributed by atoms with Crippen molar-refractivity contribution in [3.63, 3.8) is 0 Å². The standard InChI is InChI=1S/C34H30N4O4/c1-2-42-33(41)30-31-25(23-39)13-12-20-37(31)38(32(30)40)22-29-21-36(24-35-29)34(26-14-6-3-7-15-26,27-16-8-4-9-17-27)28-18-10-5-11-19-28/h3-21,24,39H,2,22-23H2,1H3. The van der Waals surface area contributed by atoms with E-state index in [1.807, 2.05) is 60.8 Å². The number of esters is 1. The van der Waals surface area contributed by atoms with Crippen LogP contribution in [0.4, 0.5) is 0 Å². The van der Waals surface area contributed by atoms with Gasteiger partial charge in [0, 0.05) is 18.0 Å². The lowest BCUT2D eigenvalue weighted by Crippen LogP contribution is -2.37. The molecule has 0 amide bonds. The van der Waals surface area contributed by atoms with E-state index in [1.165, 1.54) is 4.68 Å². The second-order valence-corrected chi connectivity index (χ2v) is 9.92. The van der Waals surface area contributed by atoms with Gasteiger partial charge in [-0.3, -0.25) is 9.31 Å². The summed E-state index contributed by atoms with van der Waals surface area (Å²) in [7, 11) is 0. The third-order valence-electron chi connectivity index (χ3n) is 7.56. The minimum atomic E-state index is -0.749. The molecule has 6 rings (SSSR count). The minimum absolute atomic E-state index is 0.0930. The smallest absolute Gasteiger partial charge is 0.346 e. The number of aliphatic hydroxyl groups is 1. The van der Waals surface area contributed by atoms with Gasteiger partial charge >= 0.3 is 5.97 Å². The summed E-state index contributed by atoms with van der Waals surface area (Å²) in [5, 5.41) is 9.99. The van der Waals surface area contributed by atoms with Gasteiger partial charge in [0.15, 0.2) is 5.56 Å². The molecule has 3 heterocycles. The van der Waals surface area contributed by atoms with Crippen molar-refractivity contribution in [2.24, 2.45) is 0 Å². The fourth-order valence-electron chi connectivity index (χ4n) is 5.78. The van der Waals surface area contributed by atoms with Gasteiger partial charge in [-0.25, -0.2) is 14.5 Å². The number of carbonyl (C=O) groups is 1. The second kappa shape index (κ2) is 11.3. The Labute approximate surface area is 242 Å². The summed E-state index contributed by atoms with van der Waals surface area (Å²) in [6, 6.07) is 34.2. The van der Waals surface area contributed by atoms with Gasteiger partial charge in [0.1, 0.15) is 5.54 Å². The number of benzene rings is 3. The Morgan fingerprint density at radius 1 is 0.857 bits per heavy atom. The van der Waals surface area contributed by atoms with Gasteiger partial charge in [-0.15, -0.1) is 0 Å². The number of aliphatic hydroxyl groups excluding tert-OH is 1. The summed E-state index contributed by atoms with van der Waals surface area (Å²) in [6.07, 6.45) is 5.42. The SMILES string of the molecule is CCOC(=O)c1c(=O)n(Cc2cn(C(c3ccccc3)(c3ccccc3)c3ccccc3)cn2)n2cccc(CO)c12. The van der Waals surface area contributed by atoms with Crippen molar-refractivity contribution >= 4 is 11.5 Å². The molecule has 0 bridgehead atoms. The molecule has 3 aromatic carbocycles. The molecule has 0 saturated carbocycles. The quantitative estimate of drug-likeness (QED) is 0.202. The van der Waals surface area contributed by atoms with Gasteiger partial charge in [-0.2, -0.15) is 0 Å². The molecule has 8 nitrogen and oxygen atoms in total. The number of imidazole rings is 1. The van der Waals surface area contributed by atoms with Gasteiger partial charge in [-0.05, 0) is 29.7 Å². The highest BCUT2D eigenvalue weighted by Crippen LogP contribution is 2.40. The fourth-order valence-corrected chi connectivity index (χ4v) is 5.78. The molecule has 0 saturated heterocycles. The number of aromatic nitrogens is 4. The first-order valence-electron chi connectivity index (χ1n) is 13.8. The van der Waals surface area contributed by atoms with Crippen molar-refractivity contribution in [3.8, 4) is 0 Å². The molecule has 1 N–H and O–H groups in total. The Kier molecular flexibility index (Phi) is 7.29. The molecule has 6 aromatic rings. The molecule has 0 aliphatic rings. The molecule has 8 heteroatoms. The van der Waals surface area contributed by atoms with E-state index < -0.39 is 17.1 Å². The topological polar surface area (TPSA) is 90.8 Å². The van der Waals surface area contributed by atoms with Crippen molar-refractivity contribution in [2.45, 2.75) is 25.6 Å². The Hall–Kier alpha value is -5.21. The lowest BCUT2D eigenvalue weighted by molar-refractivity contribution is 0.0526. The number of pyridine rings is 1. The van der Waals surface area contributed by atoms with Crippen LogP contribution in [0, 0.1) is 0 Å². The van der Waals surface area contributed by atoms with Crippen LogP contribution in [-0.2, 0) is 23.4 Å². The van der Waals surface area contributed by atoms with E-state index in [4.69, 9.17) is 9.72 Å². The first-order valence-corrected chi connectivity index (χ1v) is 13.8. The van der Waals surface area contributed by atoms with Crippen molar-refractivity contribution in [1.29, 1.82) is 0 Å². The first kappa shape index (κ1) is 27.0.